The maximum Gasteiger partial charge on any atom is 0.191 e. The monoisotopic (exact) mass is 444 g/mol. The van der Waals surface area contributed by atoms with Crippen LogP contribution < -0.4 is 10.6 Å². The number of rotatable bonds is 5. The molecule has 4 nitrogen and oxygen atoms in total. The van der Waals surface area contributed by atoms with Crippen LogP contribution in [0.15, 0.2) is 47.5 Å². The molecule has 0 fully saturated rings. The van der Waals surface area contributed by atoms with Gasteiger partial charge in [-0.15, -0.1) is 24.0 Å². The van der Waals surface area contributed by atoms with E-state index in [9.17, 15) is 0 Å². The molecule has 6 heteroatoms. The Labute approximate surface area is 159 Å². The van der Waals surface area contributed by atoms with E-state index in [1.807, 2.05) is 56.3 Å². The van der Waals surface area contributed by atoms with Crippen LogP contribution in [0.2, 0.25) is 5.02 Å². The molecule has 0 unspecified atom stereocenters. The van der Waals surface area contributed by atoms with Gasteiger partial charge in [-0.2, -0.15) is 0 Å². The molecule has 0 radical (unpaired) electrons. The molecule has 1 heterocycles. The van der Waals surface area contributed by atoms with E-state index in [1.165, 1.54) is 0 Å². The SMILES string of the molecule is CCNC(=NCc1ccc(Cl)cc1)NCc1cccc(C)n1.I. The lowest BCUT2D eigenvalue weighted by molar-refractivity contribution is 0.796. The third-order valence-electron chi connectivity index (χ3n) is 3.06. The van der Waals surface area contributed by atoms with Crippen LogP contribution in [0.1, 0.15) is 23.9 Å². The fourth-order valence-corrected chi connectivity index (χ4v) is 2.10. The normalized spacial score (nSPS) is 10.8. The summed E-state index contributed by atoms with van der Waals surface area (Å²) in [6, 6.07) is 13.7. The molecule has 0 aliphatic heterocycles. The van der Waals surface area contributed by atoms with Gasteiger partial charge in [0.1, 0.15) is 0 Å². The molecule has 124 valence electrons. The van der Waals surface area contributed by atoms with Gasteiger partial charge in [-0.3, -0.25) is 4.98 Å². The fraction of sp³-hybridized carbons (Fsp3) is 0.294. The highest BCUT2D eigenvalue weighted by Crippen LogP contribution is 2.10. The lowest BCUT2D eigenvalue weighted by Crippen LogP contribution is -2.37. The molecule has 23 heavy (non-hydrogen) atoms. The minimum atomic E-state index is 0. The molecule has 2 rings (SSSR count). The van der Waals surface area contributed by atoms with Gasteiger partial charge in [0.15, 0.2) is 5.96 Å². The van der Waals surface area contributed by atoms with Crippen molar-refractivity contribution in [3.63, 3.8) is 0 Å². The van der Waals surface area contributed by atoms with E-state index < -0.39 is 0 Å². The number of pyridine rings is 1. The van der Waals surface area contributed by atoms with Gasteiger partial charge < -0.3 is 10.6 Å². The number of hydrogen-bond acceptors (Lipinski definition) is 2. The smallest absolute Gasteiger partial charge is 0.191 e. The number of nitrogens with zero attached hydrogens (tertiary/aromatic N) is 2. The molecule has 2 aromatic rings. The molecule has 0 aliphatic rings. The Morgan fingerprint density at radius 1 is 1.13 bits per heavy atom. The Morgan fingerprint density at radius 2 is 1.87 bits per heavy atom. The number of aliphatic imine (C=N–C) groups is 1. The van der Waals surface area contributed by atoms with Crippen LogP contribution >= 0.6 is 35.6 Å². The minimum Gasteiger partial charge on any atom is -0.357 e. The van der Waals surface area contributed by atoms with Crippen LogP contribution in [0.25, 0.3) is 0 Å². The number of benzene rings is 1. The zero-order valence-corrected chi connectivity index (χ0v) is 16.4. The van der Waals surface area contributed by atoms with Gasteiger partial charge in [0.25, 0.3) is 0 Å². The lowest BCUT2D eigenvalue weighted by atomic mass is 10.2. The van der Waals surface area contributed by atoms with Crippen LogP contribution in [0.4, 0.5) is 0 Å². The second-order valence-corrected chi connectivity index (χ2v) is 5.38. The second kappa shape index (κ2) is 10.4. The van der Waals surface area contributed by atoms with Crippen LogP contribution in [-0.4, -0.2) is 17.5 Å². The Hall–Kier alpha value is -1.34. The Balaban J connectivity index is 0.00000264. The summed E-state index contributed by atoms with van der Waals surface area (Å²) >= 11 is 5.89. The van der Waals surface area contributed by atoms with Gasteiger partial charge in [-0.1, -0.05) is 29.8 Å². The van der Waals surface area contributed by atoms with E-state index in [1.54, 1.807) is 0 Å². The predicted molar refractivity (Wildman–Crippen MR) is 107 cm³/mol. The predicted octanol–water partition coefficient (Wildman–Crippen LogP) is 3.92. The average Bonchev–Trinajstić information content (AvgIpc) is 2.52. The van der Waals surface area contributed by atoms with Gasteiger partial charge in [0.05, 0.1) is 18.8 Å². The highest BCUT2D eigenvalue weighted by Gasteiger charge is 2.00. The van der Waals surface area contributed by atoms with Gasteiger partial charge in [-0.25, -0.2) is 4.99 Å². The van der Waals surface area contributed by atoms with E-state index in [2.05, 4.69) is 20.6 Å². The zero-order chi connectivity index (χ0) is 15.8. The molecule has 0 saturated carbocycles. The van der Waals surface area contributed by atoms with Crippen molar-refractivity contribution in [2.45, 2.75) is 26.9 Å². The van der Waals surface area contributed by atoms with E-state index >= 15 is 0 Å². The standard InChI is InChI=1S/C17H21ClN4.HI/c1-3-19-17(20-11-14-7-9-15(18)10-8-14)21-12-16-6-4-5-13(2)22-16;/h4-10H,3,11-12H2,1-2H3,(H2,19,20,21);1H. The molecule has 0 spiro atoms. The van der Waals surface area contributed by atoms with Crippen molar-refractivity contribution in [2.75, 3.05) is 6.54 Å². The molecule has 2 N–H and O–H groups in total. The first kappa shape index (κ1) is 19.7. The summed E-state index contributed by atoms with van der Waals surface area (Å²) < 4.78 is 0. The van der Waals surface area contributed by atoms with E-state index in [4.69, 9.17) is 11.6 Å². The van der Waals surface area contributed by atoms with E-state index in [-0.39, 0.29) is 24.0 Å². The minimum absolute atomic E-state index is 0. The van der Waals surface area contributed by atoms with Crippen LogP contribution in [0, 0.1) is 6.92 Å². The van der Waals surface area contributed by atoms with Crippen molar-refractivity contribution in [3.05, 3.63) is 64.4 Å². The molecular formula is C17H22ClIN4. The lowest BCUT2D eigenvalue weighted by Gasteiger charge is -2.11. The number of hydrogen-bond donors (Lipinski definition) is 2. The summed E-state index contributed by atoms with van der Waals surface area (Å²) in [6.45, 7) is 6.10. The first-order valence-corrected chi connectivity index (χ1v) is 7.74. The Kier molecular flexibility index (Phi) is 8.94. The Morgan fingerprint density at radius 3 is 2.52 bits per heavy atom. The number of aryl methyl sites for hydroxylation is 1. The first-order chi connectivity index (χ1) is 10.7. The highest BCUT2D eigenvalue weighted by atomic mass is 127. The molecule has 0 atom stereocenters. The van der Waals surface area contributed by atoms with Crippen LogP contribution in [0.3, 0.4) is 0 Å². The number of guanidine groups is 1. The van der Waals surface area contributed by atoms with Crippen LogP contribution in [-0.2, 0) is 13.1 Å². The third kappa shape index (κ3) is 7.18. The quantitative estimate of drug-likeness (QED) is 0.417. The van der Waals surface area contributed by atoms with Crippen molar-refractivity contribution < 1.29 is 0 Å². The van der Waals surface area contributed by atoms with E-state index in [0.29, 0.717) is 13.1 Å². The van der Waals surface area contributed by atoms with Crippen molar-refractivity contribution >= 4 is 41.5 Å². The zero-order valence-electron chi connectivity index (χ0n) is 13.3. The Bertz CT molecular complexity index is 629. The maximum absolute atomic E-state index is 5.89. The number of aromatic nitrogens is 1. The molecule has 0 saturated heterocycles. The van der Waals surface area contributed by atoms with Crippen molar-refractivity contribution in [1.82, 2.24) is 15.6 Å². The molecule has 0 aliphatic carbocycles. The summed E-state index contributed by atoms with van der Waals surface area (Å²) in [5.41, 5.74) is 3.13. The van der Waals surface area contributed by atoms with Crippen molar-refractivity contribution in [2.24, 2.45) is 4.99 Å². The van der Waals surface area contributed by atoms with Crippen molar-refractivity contribution in [1.29, 1.82) is 0 Å². The van der Waals surface area contributed by atoms with Gasteiger partial charge in [0, 0.05) is 17.3 Å². The molecule has 0 amide bonds. The highest BCUT2D eigenvalue weighted by molar-refractivity contribution is 14.0. The number of halogens is 2. The second-order valence-electron chi connectivity index (χ2n) is 4.95. The number of nitrogens with one attached hydrogen (secondary N) is 2. The van der Waals surface area contributed by atoms with Gasteiger partial charge in [-0.05, 0) is 43.7 Å². The summed E-state index contributed by atoms with van der Waals surface area (Å²) in [7, 11) is 0. The molecule has 1 aromatic heterocycles. The van der Waals surface area contributed by atoms with Gasteiger partial charge >= 0.3 is 0 Å². The maximum atomic E-state index is 5.89. The summed E-state index contributed by atoms with van der Waals surface area (Å²) in [6.07, 6.45) is 0. The van der Waals surface area contributed by atoms with Crippen LogP contribution in [0.5, 0.6) is 0 Å². The van der Waals surface area contributed by atoms with E-state index in [0.717, 1.165) is 34.5 Å². The topological polar surface area (TPSA) is 49.3 Å². The molecule has 0 bridgehead atoms. The first-order valence-electron chi connectivity index (χ1n) is 7.36. The molecular weight excluding hydrogens is 423 g/mol. The fourth-order valence-electron chi connectivity index (χ4n) is 1.97. The third-order valence-corrected chi connectivity index (χ3v) is 3.31. The molecule has 1 aromatic carbocycles. The summed E-state index contributed by atoms with van der Waals surface area (Å²) in [4.78, 5) is 9.05. The average molecular weight is 445 g/mol. The van der Waals surface area contributed by atoms with Gasteiger partial charge in [0.2, 0.25) is 0 Å². The summed E-state index contributed by atoms with van der Waals surface area (Å²) in [5.74, 6) is 0.778. The largest absolute Gasteiger partial charge is 0.357 e. The van der Waals surface area contributed by atoms with Crippen molar-refractivity contribution in [3.8, 4) is 0 Å². The summed E-state index contributed by atoms with van der Waals surface area (Å²) in [5, 5.41) is 7.27.